The molecular formula is C19H19BrN4O. The molecule has 0 aliphatic carbocycles. The lowest BCUT2D eigenvalue weighted by molar-refractivity contribution is -0.121. The van der Waals surface area contributed by atoms with Gasteiger partial charge in [-0.3, -0.25) is 4.79 Å². The van der Waals surface area contributed by atoms with Crippen molar-refractivity contribution < 1.29 is 4.79 Å². The average molecular weight is 399 g/mol. The first-order valence-electron chi connectivity index (χ1n) is 8.08. The number of benzene rings is 2. The molecule has 0 aliphatic rings. The minimum Gasteiger partial charge on any atom is -0.374 e. The molecule has 3 aromatic rings. The smallest absolute Gasteiger partial charge is 0.262 e. The maximum atomic E-state index is 12.3. The van der Waals surface area contributed by atoms with E-state index in [1.54, 1.807) is 6.21 Å². The molecule has 0 saturated heterocycles. The number of halogens is 1. The van der Waals surface area contributed by atoms with Crippen molar-refractivity contribution >= 4 is 44.6 Å². The van der Waals surface area contributed by atoms with Gasteiger partial charge in [-0.2, -0.15) is 5.10 Å². The predicted molar refractivity (Wildman–Crippen MR) is 106 cm³/mol. The fraction of sp³-hybridized carbons (Fsp3) is 0.158. The number of nitrogens with one attached hydrogen (secondary N) is 3. The van der Waals surface area contributed by atoms with E-state index in [1.807, 2.05) is 61.7 Å². The fourth-order valence-electron chi connectivity index (χ4n) is 2.58. The Balaban J connectivity index is 1.64. The van der Waals surface area contributed by atoms with Crippen LogP contribution in [0.2, 0.25) is 0 Å². The summed E-state index contributed by atoms with van der Waals surface area (Å²) in [6.07, 6.45) is 4.18. The summed E-state index contributed by atoms with van der Waals surface area (Å²) in [5.74, 6) is -0.168. The van der Waals surface area contributed by atoms with Gasteiger partial charge in [0, 0.05) is 32.8 Å². The summed E-state index contributed by atoms with van der Waals surface area (Å²) in [4.78, 5) is 15.5. The number of rotatable bonds is 6. The molecule has 1 amide bonds. The fourth-order valence-corrected chi connectivity index (χ4v) is 2.98. The average Bonchev–Trinajstić information content (AvgIpc) is 3.03. The van der Waals surface area contributed by atoms with Gasteiger partial charge in [-0.15, -0.1) is 0 Å². The lowest BCUT2D eigenvalue weighted by Gasteiger charge is -2.16. The number of para-hydroxylation sites is 1. The molecule has 1 aromatic heterocycles. The highest BCUT2D eigenvalue weighted by molar-refractivity contribution is 9.10. The Morgan fingerprint density at radius 2 is 2.12 bits per heavy atom. The van der Waals surface area contributed by atoms with E-state index in [9.17, 15) is 4.79 Å². The van der Waals surface area contributed by atoms with Crippen LogP contribution in [0.1, 0.15) is 18.9 Å². The van der Waals surface area contributed by atoms with Gasteiger partial charge < -0.3 is 10.3 Å². The van der Waals surface area contributed by atoms with Crippen molar-refractivity contribution in [1.29, 1.82) is 0 Å². The van der Waals surface area contributed by atoms with E-state index in [-0.39, 0.29) is 11.9 Å². The number of carbonyl (C=O) groups excluding carboxylic acids is 1. The number of hydrogen-bond acceptors (Lipinski definition) is 3. The van der Waals surface area contributed by atoms with Crippen LogP contribution in [-0.2, 0) is 4.79 Å². The van der Waals surface area contributed by atoms with Crippen LogP contribution in [0.4, 0.5) is 5.69 Å². The van der Waals surface area contributed by atoms with Crippen LogP contribution in [0.3, 0.4) is 0 Å². The van der Waals surface area contributed by atoms with Crippen molar-refractivity contribution in [2.45, 2.75) is 19.4 Å². The number of hydrogen-bond donors (Lipinski definition) is 3. The van der Waals surface area contributed by atoms with E-state index in [2.05, 4.69) is 36.8 Å². The SMILES string of the molecule is CC[C@H](Nc1cccc(Br)c1)C(=O)NN=Cc1c[nH]c2ccccc12. The quantitative estimate of drug-likeness (QED) is 0.428. The van der Waals surface area contributed by atoms with Gasteiger partial charge in [-0.1, -0.05) is 47.1 Å². The molecule has 0 bridgehead atoms. The molecule has 1 atom stereocenters. The number of anilines is 1. The summed E-state index contributed by atoms with van der Waals surface area (Å²) in [5.41, 5.74) is 5.47. The van der Waals surface area contributed by atoms with Gasteiger partial charge in [-0.25, -0.2) is 5.43 Å². The van der Waals surface area contributed by atoms with Gasteiger partial charge in [0.15, 0.2) is 0 Å². The highest BCUT2D eigenvalue weighted by atomic mass is 79.9. The van der Waals surface area contributed by atoms with Gasteiger partial charge in [0.05, 0.1) is 6.21 Å². The van der Waals surface area contributed by atoms with E-state index in [0.29, 0.717) is 6.42 Å². The van der Waals surface area contributed by atoms with E-state index in [0.717, 1.165) is 26.6 Å². The largest absolute Gasteiger partial charge is 0.374 e. The molecule has 0 unspecified atom stereocenters. The third kappa shape index (κ3) is 4.28. The lowest BCUT2D eigenvalue weighted by Crippen LogP contribution is -2.36. The Hall–Kier alpha value is -2.60. The first kappa shape index (κ1) is 17.2. The topological polar surface area (TPSA) is 69.3 Å². The molecule has 0 fully saturated rings. The molecule has 3 N–H and O–H groups in total. The molecule has 0 radical (unpaired) electrons. The van der Waals surface area contributed by atoms with Crippen LogP contribution in [0.15, 0.2) is 64.3 Å². The van der Waals surface area contributed by atoms with E-state index in [4.69, 9.17) is 0 Å². The van der Waals surface area contributed by atoms with Crippen molar-refractivity contribution in [3.05, 3.63) is 64.8 Å². The van der Waals surface area contributed by atoms with Crippen LogP contribution < -0.4 is 10.7 Å². The molecular weight excluding hydrogens is 380 g/mol. The summed E-state index contributed by atoms with van der Waals surface area (Å²) in [6, 6.07) is 15.3. The normalized spacial score (nSPS) is 12.4. The molecule has 0 saturated carbocycles. The monoisotopic (exact) mass is 398 g/mol. The van der Waals surface area contributed by atoms with Gasteiger partial charge >= 0.3 is 0 Å². The Bertz CT molecular complexity index is 903. The van der Waals surface area contributed by atoms with Crippen molar-refractivity contribution in [3.8, 4) is 0 Å². The number of amides is 1. The van der Waals surface area contributed by atoms with E-state index >= 15 is 0 Å². The number of aromatic nitrogens is 1. The van der Waals surface area contributed by atoms with Gasteiger partial charge in [-0.05, 0) is 30.7 Å². The molecule has 3 rings (SSSR count). The van der Waals surface area contributed by atoms with Crippen molar-refractivity contribution in [2.24, 2.45) is 5.10 Å². The molecule has 1 heterocycles. The van der Waals surface area contributed by atoms with Crippen molar-refractivity contribution in [2.75, 3.05) is 5.32 Å². The molecule has 6 heteroatoms. The molecule has 128 valence electrons. The molecule has 5 nitrogen and oxygen atoms in total. The van der Waals surface area contributed by atoms with E-state index < -0.39 is 0 Å². The maximum absolute atomic E-state index is 12.3. The van der Waals surface area contributed by atoms with Gasteiger partial charge in [0.1, 0.15) is 6.04 Å². The number of carbonyl (C=O) groups is 1. The lowest BCUT2D eigenvalue weighted by atomic mass is 10.2. The number of H-pyrrole nitrogens is 1. The second-order valence-electron chi connectivity index (χ2n) is 5.64. The highest BCUT2D eigenvalue weighted by Crippen LogP contribution is 2.17. The number of nitrogens with zero attached hydrogens (tertiary/aromatic N) is 1. The van der Waals surface area contributed by atoms with Crippen molar-refractivity contribution in [3.63, 3.8) is 0 Å². The number of aromatic amines is 1. The molecule has 0 spiro atoms. The third-order valence-electron chi connectivity index (χ3n) is 3.89. The van der Waals surface area contributed by atoms with Gasteiger partial charge in [0.2, 0.25) is 0 Å². The zero-order chi connectivity index (χ0) is 17.6. The highest BCUT2D eigenvalue weighted by Gasteiger charge is 2.15. The zero-order valence-corrected chi connectivity index (χ0v) is 15.4. The Labute approximate surface area is 154 Å². The minimum atomic E-state index is -0.352. The van der Waals surface area contributed by atoms with Crippen LogP contribution in [0.25, 0.3) is 10.9 Å². The first-order valence-corrected chi connectivity index (χ1v) is 8.88. The summed E-state index contributed by atoms with van der Waals surface area (Å²) >= 11 is 3.43. The summed E-state index contributed by atoms with van der Waals surface area (Å²) < 4.78 is 0.963. The second-order valence-corrected chi connectivity index (χ2v) is 6.56. The first-order chi connectivity index (χ1) is 12.2. The maximum Gasteiger partial charge on any atom is 0.262 e. The summed E-state index contributed by atoms with van der Waals surface area (Å²) in [7, 11) is 0. The minimum absolute atomic E-state index is 0.168. The zero-order valence-electron chi connectivity index (χ0n) is 13.8. The van der Waals surface area contributed by atoms with E-state index in [1.165, 1.54) is 0 Å². The third-order valence-corrected chi connectivity index (χ3v) is 4.38. The number of fused-ring (bicyclic) bond motifs is 1. The molecule has 25 heavy (non-hydrogen) atoms. The Kier molecular flexibility index (Phi) is 5.50. The van der Waals surface area contributed by atoms with Crippen LogP contribution in [-0.4, -0.2) is 23.1 Å². The van der Waals surface area contributed by atoms with Crippen molar-refractivity contribution in [1.82, 2.24) is 10.4 Å². The summed E-state index contributed by atoms with van der Waals surface area (Å²) in [6.45, 7) is 1.96. The number of hydrazone groups is 1. The Morgan fingerprint density at radius 1 is 1.28 bits per heavy atom. The van der Waals surface area contributed by atoms with Gasteiger partial charge in [0.25, 0.3) is 5.91 Å². The molecule has 0 aliphatic heterocycles. The predicted octanol–water partition coefficient (Wildman–Crippen LogP) is 4.27. The van der Waals surface area contributed by atoms with Crippen LogP contribution in [0, 0.1) is 0 Å². The Morgan fingerprint density at radius 3 is 2.92 bits per heavy atom. The van der Waals surface area contributed by atoms with Crippen LogP contribution >= 0.6 is 15.9 Å². The standard InChI is InChI=1S/C19H19BrN4O/c1-2-17(23-15-7-5-6-14(20)10-15)19(25)24-22-12-13-11-21-18-9-4-3-8-16(13)18/h3-12,17,21,23H,2H2,1H3,(H,24,25)/t17-/m0/s1. The van der Waals surface area contributed by atoms with Crippen LogP contribution in [0.5, 0.6) is 0 Å². The second kappa shape index (κ2) is 7.98. The summed E-state index contributed by atoms with van der Waals surface area (Å²) in [5, 5.41) is 8.39. The molecule has 2 aromatic carbocycles.